The molecule has 7 heavy (non-hydrogen) atoms. The van der Waals surface area contributed by atoms with E-state index in [0.29, 0.717) is 0 Å². The lowest BCUT2D eigenvalue weighted by Gasteiger charge is -2.44. The zero-order valence-corrected chi connectivity index (χ0v) is 4.94. The standard InChI is InChI=1S/C5H10BN/c1-5(6)3-7(2)4-5/h3-4H2,1-2H3. The molecule has 0 N–H and O–H groups in total. The molecule has 2 heteroatoms. The summed E-state index contributed by atoms with van der Waals surface area (Å²) in [5.74, 6) is 0. The van der Waals surface area contributed by atoms with Crippen molar-refractivity contribution in [2.45, 2.75) is 12.2 Å². The van der Waals surface area contributed by atoms with Gasteiger partial charge in [-0.05, 0) is 25.5 Å². The van der Waals surface area contributed by atoms with Crippen molar-refractivity contribution in [3.8, 4) is 0 Å². The molecule has 1 nitrogen and oxygen atoms in total. The average molecular weight is 95.0 g/mol. The predicted molar refractivity (Wildman–Crippen MR) is 31.6 cm³/mol. The van der Waals surface area contributed by atoms with Gasteiger partial charge in [-0.2, -0.15) is 0 Å². The van der Waals surface area contributed by atoms with Crippen LogP contribution < -0.4 is 0 Å². The molecule has 0 amide bonds. The Hall–Kier alpha value is 0.0249. The Morgan fingerprint density at radius 3 is 2.00 bits per heavy atom. The van der Waals surface area contributed by atoms with Crippen LogP contribution in [-0.4, -0.2) is 32.9 Å². The van der Waals surface area contributed by atoms with E-state index in [9.17, 15) is 0 Å². The zero-order chi connectivity index (χ0) is 5.49. The molecule has 0 aliphatic carbocycles. The summed E-state index contributed by atoms with van der Waals surface area (Å²) in [4.78, 5) is 2.21. The lowest BCUT2D eigenvalue weighted by Crippen LogP contribution is -2.47. The van der Waals surface area contributed by atoms with Crippen LogP contribution in [0.1, 0.15) is 6.92 Å². The Labute approximate surface area is 46.1 Å². The maximum absolute atomic E-state index is 5.67. The van der Waals surface area contributed by atoms with E-state index in [0.717, 1.165) is 13.1 Å². The minimum atomic E-state index is 0.120. The number of nitrogens with zero attached hydrogens (tertiary/aromatic N) is 1. The van der Waals surface area contributed by atoms with E-state index < -0.39 is 0 Å². The van der Waals surface area contributed by atoms with Gasteiger partial charge in [-0.15, -0.1) is 0 Å². The third kappa shape index (κ3) is 0.971. The van der Waals surface area contributed by atoms with Gasteiger partial charge in [0.25, 0.3) is 0 Å². The van der Waals surface area contributed by atoms with Gasteiger partial charge >= 0.3 is 0 Å². The summed E-state index contributed by atoms with van der Waals surface area (Å²) in [6, 6.07) is 0. The highest BCUT2D eigenvalue weighted by Gasteiger charge is 2.29. The van der Waals surface area contributed by atoms with Crippen molar-refractivity contribution in [2.24, 2.45) is 0 Å². The van der Waals surface area contributed by atoms with Gasteiger partial charge in [-0.3, -0.25) is 0 Å². The fourth-order valence-corrected chi connectivity index (χ4v) is 1.19. The molecule has 0 aromatic rings. The molecular weight excluding hydrogens is 84.9 g/mol. The molecule has 1 rings (SSSR count). The zero-order valence-electron chi connectivity index (χ0n) is 4.94. The number of hydrogen-bond acceptors (Lipinski definition) is 1. The van der Waals surface area contributed by atoms with Gasteiger partial charge in [0.15, 0.2) is 0 Å². The van der Waals surface area contributed by atoms with Gasteiger partial charge in [0, 0.05) is 0 Å². The quantitative estimate of drug-likeness (QED) is 0.390. The highest BCUT2D eigenvalue weighted by atomic mass is 15.2. The van der Waals surface area contributed by atoms with Gasteiger partial charge in [-0.1, -0.05) is 6.92 Å². The molecule has 0 aromatic heterocycles. The highest BCUT2D eigenvalue weighted by molar-refractivity contribution is 6.16. The first-order chi connectivity index (χ1) is 3.10. The van der Waals surface area contributed by atoms with Crippen molar-refractivity contribution >= 4 is 7.85 Å². The molecule has 0 aromatic carbocycles. The van der Waals surface area contributed by atoms with Gasteiger partial charge in [0.05, 0.1) is 7.85 Å². The Morgan fingerprint density at radius 2 is 2.00 bits per heavy atom. The predicted octanol–water partition coefficient (Wildman–Crippen LogP) is 0.279. The van der Waals surface area contributed by atoms with E-state index in [-0.39, 0.29) is 5.31 Å². The monoisotopic (exact) mass is 95.1 g/mol. The van der Waals surface area contributed by atoms with Crippen LogP contribution in [0, 0.1) is 0 Å². The van der Waals surface area contributed by atoms with Crippen molar-refractivity contribution in [2.75, 3.05) is 20.1 Å². The smallest absolute Gasteiger partial charge is 0.0777 e. The van der Waals surface area contributed by atoms with E-state index in [1.807, 2.05) is 0 Å². The molecule has 0 unspecified atom stereocenters. The van der Waals surface area contributed by atoms with Crippen molar-refractivity contribution in [3.63, 3.8) is 0 Å². The summed E-state index contributed by atoms with van der Waals surface area (Å²) in [7, 11) is 7.75. The van der Waals surface area contributed by atoms with Crippen LogP contribution in [0.15, 0.2) is 0 Å². The molecule has 1 saturated heterocycles. The van der Waals surface area contributed by atoms with Gasteiger partial charge in [0.1, 0.15) is 0 Å². The molecule has 1 aliphatic heterocycles. The number of likely N-dealkylation sites (tertiary alicyclic amines) is 1. The second kappa shape index (κ2) is 1.25. The fourth-order valence-electron chi connectivity index (χ4n) is 1.19. The normalized spacial score (nSPS) is 29.4. The number of hydrogen-bond donors (Lipinski definition) is 0. The third-order valence-electron chi connectivity index (χ3n) is 1.26. The Kier molecular flexibility index (Phi) is 0.924. The van der Waals surface area contributed by atoms with Gasteiger partial charge < -0.3 is 4.90 Å². The number of rotatable bonds is 0. The molecule has 1 fully saturated rings. The Morgan fingerprint density at radius 1 is 1.57 bits per heavy atom. The molecule has 0 spiro atoms. The first-order valence-corrected chi connectivity index (χ1v) is 2.58. The van der Waals surface area contributed by atoms with Crippen LogP contribution in [-0.2, 0) is 0 Å². The van der Waals surface area contributed by atoms with Gasteiger partial charge in [0.2, 0.25) is 0 Å². The highest BCUT2D eigenvalue weighted by Crippen LogP contribution is 2.30. The van der Waals surface area contributed by atoms with E-state index >= 15 is 0 Å². The minimum Gasteiger partial charge on any atom is -0.307 e. The van der Waals surface area contributed by atoms with Crippen LogP contribution in [0.5, 0.6) is 0 Å². The largest absolute Gasteiger partial charge is 0.307 e. The summed E-state index contributed by atoms with van der Waals surface area (Å²) < 4.78 is 0. The molecule has 1 heterocycles. The van der Waals surface area contributed by atoms with Crippen molar-refractivity contribution < 1.29 is 0 Å². The average Bonchev–Trinajstić information content (AvgIpc) is 1.27. The molecule has 0 saturated carbocycles. The van der Waals surface area contributed by atoms with Crippen LogP contribution in [0.2, 0.25) is 5.31 Å². The third-order valence-corrected chi connectivity index (χ3v) is 1.26. The maximum atomic E-state index is 5.67. The topological polar surface area (TPSA) is 3.24 Å². The molecule has 38 valence electrons. The second-order valence-corrected chi connectivity index (χ2v) is 2.83. The van der Waals surface area contributed by atoms with Gasteiger partial charge in [-0.25, -0.2) is 0 Å². The van der Waals surface area contributed by atoms with E-state index in [1.54, 1.807) is 0 Å². The lowest BCUT2D eigenvalue weighted by molar-refractivity contribution is 0.164. The maximum Gasteiger partial charge on any atom is 0.0777 e. The fraction of sp³-hybridized carbons (Fsp3) is 1.00. The second-order valence-electron chi connectivity index (χ2n) is 2.83. The van der Waals surface area contributed by atoms with Crippen molar-refractivity contribution in [1.29, 1.82) is 0 Å². The van der Waals surface area contributed by atoms with E-state index in [4.69, 9.17) is 7.85 Å². The van der Waals surface area contributed by atoms with Crippen molar-refractivity contribution in [3.05, 3.63) is 0 Å². The first-order valence-electron chi connectivity index (χ1n) is 2.58. The van der Waals surface area contributed by atoms with Crippen LogP contribution in [0.3, 0.4) is 0 Å². The summed E-state index contributed by atoms with van der Waals surface area (Å²) in [6.07, 6.45) is 0. The van der Waals surface area contributed by atoms with Crippen molar-refractivity contribution in [1.82, 2.24) is 4.90 Å². The summed E-state index contributed by atoms with van der Waals surface area (Å²) in [6.45, 7) is 4.17. The van der Waals surface area contributed by atoms with E-state index in [1.165, 1.54) is 0 Å². The molecular formula is C5H10BN. The van der Waals surface area contributed by atoms with Crippen LogP contribution in [0.4, 0.5) is 0 Å². The molecule has 0 atom stereocenters. The Balaban J connectivity index is 2.29. The molecule has 1 aliphatic rings. The van der Waals surface area contributed by atoms with Crippen LogP contribution in [0.25, 0.3) is 0 Å². The Bertz CT molecular complexity index is 72.1. The lowest BCUT2D eigenvalue weighted by atomic mass is 9.65. The SMILES string of the molecule is [B]C1(C)CN(C)C1. The van der Waals surface area contributed by atoms with Crippen LogP contribution >= 0.6 is 0 Å². The molecule has 0 bridgehead atoms. The van der Waals surface area contributed by atoms with E-state index in [2.05, 4.69) is 18.9 Å². The summed E-state index contributed by atoms with van der Waals surface area (Å²) >= 11 is 0. The summed E-state index contributed by atoms with van der Waals surface area (Å²) in [5.41, 5.74) is 0. The molecule has 2 radical (unpaired) electrons. The summed E-state index contributed by atoms with van der Waals surface area (Å²) in [5, 5.41) is 0.120. The minimum absolute atomic E-state index is 0.120. The first kappa shape index (κ1) is 5.17.